The van der Waals surface area contributed by atoms with Gasteiger partial charge in [-0.3, -0.25) is 0 Å². The zero-order valence-electron chi connectivity index (χ0n) is 30.8. The molecule has 4 heterocycles. The van der Waals surface area contributed by atoms with Gasteiger partial charge in [0, 0.05) is 53.3 Å². The van der Waals surface area contributed by atoms with Crippen LogP contribution >= 0.6 is 11.3 Å². The largest absolute Gasteiger partial charge is 0.309 e. The summed E-state index contributed by atoms with van der Waals surface area (Å²) in [6.45, 7) is 0. The summed E-state index contributed by atoms with van der Waals surface area (Å²) in [5.74, 6) is 0.741. The second-order valence-electron chi connectivity index (χ2n) is 14.9. The predicted molar refractivity (Wildman–Crippen MR) is 243 cm³/mol. The maximum Gasteiger partial charge on any atom is 0.203 e. The summed E-state index contributed by atoms with van der Waals surface area (Å²) in [5.41, 5.74) is 8.95. The van der Waals surface area contributed by atoms with Crippen molar-refractivity contribution in [1.29, 1.82) is 0 Å². The Morgan fingerprint density at radius 2 is 1.07 bits per heavy atom. The molecule has 0 aliphatic carbocycles. The van der Waals surface area contributed by atoms with Crippen molar-refractivity contribution in [2.45, 2.75) is 0 Å². The van der Waals surface area contributed by atoms with Crippen molar-refractivity contribution in [3.8, 4) is 39.5 Å². The lowest BCUT2D eigenvalue weighted by Crippen LogP contribution is -2.73. The Morgan fingerprint density at radius 1 is 0.439 bits per heavy atom. The van der Waals surface area contributed by atoms with Gasteiger partial charge in [-0.25, -0.2) is 9.97 Å². The van der Waals surface area contributed by atoms with E-state index >= 15 is 0 Å². The first-order chi connectivity index (χ1) is 28.3. The van der Waals surface area contributed by atoms with Crippen LogP contribution in [0.4, 0.5) is 0 Å². The van der Waals surface area contributed by atoms with Gasteiger partial charge in [-0.2, -0.15) is 0 Å². The first kappa shape index (κ1) is 32.3. The van der Waals surface area contributed by atoms with Gasteiger partial charge in [0.25, 0.3) is 0 Å². The Hall–Kier alpha value is -6.92. The van der Waals surface area contributed by atoms with Gasteiger partial charge < -0.3 is 4.57 Å². The van der Waals surface area contributed by atoms with E-state index in [1.54, 1.807) is 0 Å². The van der Waals surface area contributed by atoms with Crippen LogP contribution in [0.5, 0.6) is 0 Å². The normalized spacial score (nSPS) is 13.1. The molecule has 3 aromatic heterocycles. The number of thiophene rings is 1. The van der Waals surface area contributed by atoms with Crippen LogP contribution in [0.2, 0.25) is 0 Å². The van der Waals surface area contributed by atoms with Crippen molar-refractivity contribution in [3.63, 3.8) is 0 Å². The molecule has 1 aliphatic rings. The quantitative estimate of drug-likeness (QED) is 0.164. The summed E-state index contributed by atoms with van der Waals surface area (Å²) in [5, 5.41) is 10.3. The molecule has 0 radical (unpaired) electrons. The molecule has 0 unspecified atom stereocenters. The Bertz CT molecular complexity index is 3300. The van der Waals surface area contributed by atoms with Gasteiger partial charge in [0.1, 0.15) is 0 Å². The average Bonchev–Trinajstić information content (AvgIpc) is 3.92. The highest BCUT2D eigenvalue weighted by Gasteiger charge is 2.51. The van der Waals surface area contributed by atoms with Crippen molar-refractivity contribution in [3.05, 3.63) is 200 Å². The fourth-order valence-electron chi connectivity index (χ4n) is 9.43. The molecule has 57 heavy (non-hydrogen) atoms. The van der Waals surface area contributed by atoms with Crippen molar-refractivity contribution in [2.24, 2.45) is 0 Å². The molecule has 5 heteroatoms. The zero-order valence-corrected chi connectivity index (χ0v) is 32.6. The number of hydrogen-bond donors (Lipinski definition) is 0. The molecule has 12 rings (SSSR count). The Morgan fingerprint density at radius 3 is 1.82 bits per heavy atom. The van der Waals surface area contributed by atoms with Gasteiger partial charge in [0.2, 0.25) is 8.07 Å². The van der Waals surface area contributed by atoms with E-state index in [4.69, 9.17) is 9.97 Å². The monoisotopic (exact) mass is 759 g/mol. The minimum Gasteiger partial charge on any atom is -0.309 e. The van der Waals surface area contributed by atoms with E-state index in [2.05, 4.69) is 205 Å². The van der Waals surface area contributed by atoms with E-state index in [9.17, 15) is 0 Å². The third-order valence-electron chi connectivity index (χ3n) is 11.9. The maximum absolute atomic E-state index is 5.72. The lowest BCUT2D eigenvalue weighted by molar-refractivity contribution is 1.17. The average molecular weight is 760 g/mol. The van der Waals surface area contributed by atoms with Gasteiger partial charge in [-0.15, -0.1) is 11.3 Å². The van der Waals surface area contributed by atoms with Crippen LogP contribution in [-0.2, 0) is 0 Å². The summed E-state index contributed by atoms with van der Waals surface area (Å²) in [4.78, 5) is 11.2. The number of fused-ring (bicyclic) bond motifs is 9. The molecular weight excluding hydrogens is 727 g/mol. The first-order valence-electron chi connectivity index (χ1n) is 19.4. The van der Waals surface area contributed by atoms with E-state index in [1.165, 1.54) is 63.1 Å². The first-order valence-corrected chi connectivity index (χ1v) is 22.2. The van der Waals surface area contributed by atoms with E-state index in [0.717, 1.165) is 39.2 Å². The second kappa shape index (κ2) is 12.5. The van der Waals surface area contributed by atoms with Crippen LogP contribution in [0.1, 0.15) is 0 Å². The smallest absolute Gasteiger partial charge is 0.203 e. The molecule has 0 amide bonds. The van der Waals surface area contributed by atoms with Crippen molar-refractivity contribution >= 4 is 82.3 Å². The van der Waals surface area contributed by atoms with Gasteiger partial charge in [0.15, 0.2) is 5.82 Å². The minimum atomic E-state index is -2.86. The molecule has 11 aromatic rings. The summed E-state index contributed by atoms with van der Waals surface area (Å²) in [7, 11) is -2.86. The molecule has 0 saturated heterocycles. The van der Waals surface area contributed by atoms with Gasteiger partial charge in [-0.1, -0.05) is 152 Å². The molecule has 266 valence electrons. The Labute approximate surface area is 334 Å². The second-order valence-corrected chi connectivity index (χ2v) is 19.6. The highest BCUT2D eigenvalue weighted by Crippen LogP contribution is 2.41. The van der Waals surface area contributed by atoms with Crippen molar-refractivity contribution in [1.82, 2.24) is 14.5 Å². The summed E-state index contributed by atoms with van der Waals surface area (Å²) in [6, 6.07) is 73.0. The molecule has 0 N–H and O–H groups in total. The standard InChI is InChI=1S/C52H33N3SSi/c1-4-16-34(17-5-1)50-49-41-24-12-15-27-48(41)57(37-18-6-2-7-19-37,38-20-8-3-9-21-38)52(49)54-51(53-50)35-28-30-36(31-29-35)55-44-25-13-10-22-39(44)42-32-43-40-23-11-14-26-46(40)56-47(43)33-45(42)55/h1-33H. The molecular formula is C52H33N3SSi. The minimum absolute atomic E-state index is 0.741. The number of nitrogens with zero attached hydrogens (tertiary/aromatic N) is 3. The number of aromatic nitrogens is 3. The Balaban J connectivity index is 1.09. The molecule has 0 atom stereocenters. The zero-order chi connectivity index (χ0) is 37.5. The summed E-state index contributed by atoms with van der Waals surface area (Å²) < 4.78 is 5.03. The molecule has 0 saturated carbocycles. The van der Waals surface area contributed by atoms with Crippen LogP contribution in [0, 0.1) is 0 Å². The van der Waals surface area contributed by atoms with E-state index in [0.29, 0.717) is 0 Å². The lowest BCUT2D eigenvalue weighted by Gasteiger charge is -2.30. The fraction of sp³-hybridized carbons (Fsp3) is 0. The van der Waals surface area contributed by atoms with Gasteiger partial charge >= 0.3 is 0 Å². The van der Waals surface area contributed by atoms with Crippen LogP contribution in [0.15, 0.2) is 200 Å². The molecule has 0 fully saturated rings. The van der Waals surface area contributed by atoms with Gasteiger partial charge in [0.05, 0.1) is 22.0 Å². The number of benzene rings is 8. The summed E-state index contributed by atoms with van der Waals surface area (Å²) >= 11 is 1.86. The molecule has 8 aromatic carbocycles. The van der Waals surface area contributed by atoms with Crippen LogP contribution < -0.4 is 20.9 Å². The fourth-order valence-corrected chi connectivity index (χ4v) is 15.6. The van der Waals surface area contributed by atoms with E-state index in [-0.39, 0.29) is 0 Å². The van der Waals surface area contributed by atoms with Crippen molar-refractivity contribution < 1.29 is 0 Å². The topological polar surface area (TPSA) is 30.7 Å². The number of hydrogen-bond acceptors (Lipinski definition) is 3. The van der Waals surface area contributed by atoms with Crippen LogP contribution in [-0.4, -0.2) is 22.6 Å². The molecule has 3 nitrogen and oxygen atoms in total. The maximum atomic E-state index is 5.72. The van der Waals surface area contributed by atoms with Crippen molar-refractivity contribution in [2.75, 3.05) is 0 Å². The summed E-state index contributed by atoms with van der Waals surface area (Å²) in [6.07, 6.45) is 0. The van der Waals surface area contributed by atoms with E-state index in [1.807, 2.05) is 11.3 Å². The number of para-hydroxylation sites is 1. The Kier molecular flexibility index (Phi) is 7.12. The van der Waals surface area contributed by atoms with Crippen LogP contribution in [0.25, 0.3) is 81.4 Å². The highest BCUT2D eigenvalue weighted by molar-refractivity contribution is 7.26. The SMILES string of the molecule is c1ccc(-c2nc(-c3ccc(-n4c5ccccc5c5cc6c(cc54)sc4ccccc46)cc3)nc3c2-c2ccccc2[Si]3(c2ccccc2)c2ccccc2)cc1. The lowest BCUT2D eigenvalue weighted by atomic mass is 10.0. The molecule has 0 spiro atoms. The number of rotatable bonds is 5. The van der Waals surface area contributed by atoms with Gasteiger partial charge in [-0.05, 0) is 69.7 Å². The highest BCUT2D eigenvalue weighted by atomic mass is 32.1. The third-order valence-corrected chi connectivity index (χ3v) is 17.7. The third kappa shape index (κ3) is 4.70. The molecule has 0 bridgehead atoms. The predicted octanol–water partition coefficient (Wildman–Crippen LogP) is 10.6. The molecule has 1 aliphatic heterocycles. The van der Waals surface area contributed by atoms with Crippen LogP contribution in [0.3, 0.4) is 0 Å². The van der Waals surface area contributed by atoms with E-state index < -0.39 is 8.07 Å².